The van der Waals surface area contributed by atoms with Crippen molar-refractivity contribution >= 4 is 22.4 Å². The molecular formula is C21H24N4O2. The Bertz CT molecular complexity index is 1060. The molecule has 0 unspecified atom stereocenters. The number of carbonyl (C=O) groups is 1. The fraction of sp³-hybridized carbons (Fsp3) is 0.286. The van der Waals surface area contributed by atoms with E-state index in [1.807, 2.05) is 38.1 Å². The van der Waals surface area contributed by atoms with Gasteiger partial charge in [-0.25, -0.2) is 0 Å². The van der Waals surface area contributed by atoms with Gasteiger partial charge < -0.3 is 9.88 Å². The van der Waals surface area contributed by atoms with Gasteiger partial charge in [0.2, 0.25) is 0 Å². The molecule has 1 aromatic carbocycles. The van der Waals surface area contributed by atoms with Crippen molar-refractivity contribution in [3.8, 4) is 0 Å². The predicted octanol–water partition coefficient (Wildman–Crippen LogP) is 3.34. The zero-order valence-electron chi connectivity index (χ0n) is 15.9. The van der Waals surface area contributed by atoms with Crippen LogP contribution in [0.1, 0.15) is 48.2 Å². The highest BCUT2D eigenvalue weighted by Crippen LogP contribution is 2.18. The lowest BCUT2D eigenvalue weighted by molar-refractivity contribution is 0.0987. The molecule has 0 fully saturated rings. The van der Waals surface area contributed by atoms with Crippen LogP contribution in [-0.4, -0.2) is 27.6 Å². The average Bonchev–Trinajstić information content (AvgIpc) is 3.17. The van der Waals surface area contributed by atoms with E-state index < -0.39 is 0 Å². The Hall–Kier alpha value is -3.15. The Morgan fingerprint density at radius 3 is 2.85 bits per heavy atom. The summed E-state index contributed by atoms with van der Waals surface area (Å²) in [5.74, 6) is 0.0108. The van der Waals surface area contributed by atoms with Gasteiger partial charge in [-0.15, -0.1) is 0 Å². The maximum atomic E-state index is 13.1. The molecule has 0 atom stereocenters. The predicted molar refractivity (Wildman–Crippen MR) is 108 cm³/mol. The number of nitrogens with zero attached hydrogens (tertiary/aromatic N) is 2. The molecular weight excluding hydrogens is 340 g/mol. The van der Waals surface area contributed by atoms with Crippen molar-refractivity contribution in [2.24, 2.45) is 0 Å². The lowest BCUT2D eigenvalue weighted by atomic mass is 10.1. The zero-order chi connectivity index (χ0) is 19.4. The normalized spacial score (nSPS) is 11.7. The van der Waals surface area contributed by atoms with Gasteiger partial charge in [0.1, 0.15) is 0 Å². The number of carbonyl (C=O) groups excluding carboxylic acids is 1. The second kappa shape index (κ2) is 8.03. The van der Waals surface area contributed by atoms with E-state index >= 15 is 0 Å². The summed E-state index contributed by atoms with van der Waals surface area (Å²) in [6.07, 6.45) is 6.55. The van der Waals surface area contributed by atoms with Crippen molar-refractivity contribution in [3.63, 3.8) is 0 Å². The van der Waals surface area contributed by atoms with E-state index in [2.05, 4.69) is 15.5 Å². The van der Waals surface area contributed by atoms with E-state index in [1.165, 1.54) is 0 Å². The van der Waals surface area contributed by atoms with Crippen LogP contribution in [0.15, 0.2) is 47.5 Å². The molecule has 3 rings (SSSR count). The largest absolute Gasteiger partial charge is 0.388 e. The van der Waals surface area contributed by atoms with Crippen molar-refractivity contribution in [1.29, 1.82) is 0 Å². The number of ketones is 1. The lowest BCUT2D eigenvalue weighted by Crippen LogP contribution is -2.27. The smallest absolute Gasteiger partial charge is 0.260 e. The minimum atomic E-state index is -0.131. The highest BCUT2D eigenvalue weighted by Gasteiger charge is 2.15. The number of nitrogens with one attached hydrogen (secondary N) is 2. The summed E-state index contributed by atoms with van der Waals surface area (Å²) in [5, 5.41) is 11.1. The summed E-state index contributed by atoms with van der Waals surface area (Å²) in [4.78, 5) is 25.5. The molecule has 0 bridgehead atoms. The number of fused-ring (bicyclic) bond motifs is 1. The Kier molecular flexibility index (Phi) is 5.54. The number of benzene rings is 1. The van der Waals surface area contributed by atoms with Crippen LogP contribution in [0.25, 0.3) is 16.6 Å². The van der Waals surface area contributed by atoms with Gasteiger partial charge in [0, 0.05) is 36.3 Å². The van der Waals surface area contributed by atoms with Gasteiger partial charge in [0.15, 0.2) is 5.78 Å². The second-order valence-corrected chi connectivity index (χ2v) is 6.38. The summed E-state index contributed by atoms with van der Waals surface area (Å²) in [5.41, 5.74) is 3.51. The van der Waals surface area contributed by atoms with Gasteiger partial charge in [-0.05, 0) is 18.1 Å². The van der Waals surface area contributed by atoms with Crippen LogP contribution in [-0.2, 0) is 6.54 Å². The molecule has 2 heterocycles. The number of allylic oxidation sites excluding steroid dienone is 1. The Morgan fingerprint density at radius 1 is 1.33 bits per heavy atom. The van der Waals surface area contributed by atoms with Crippen LogP contribution in [0.3, 0.4) is 0 Å². The third-order valence-electron chi connectivity index (χ3n) is 4.60. The van der Waals surface area contributed by atoms with Crippen LogP contribution in [0, 0.1) is 0 Å². The minimum Gasteiger partial charge on any atom is -0.388 e. The van der Waals surface area contributed by atoms with Crippen molar-refractivity contribution in [2.45, 2.75) is 33.2 Å². The van der Waals surface area contributed by atoms with Gasteiger partial charge in [-0.1, -0.05) is 38.1 Å². The lowest BCUT2D eigenvalue weighted by Gasteiger charge is -2.14. The molecule has 6 nitrogen and oxygen atoms in total. The fourth-order valence-corrected chi connectivity index (χ4v) is 3.20. The van der Waals surface area contributed by atoms with Crippen molar-refractivity contribution in [1.82, 2.24) is 20.1 Å². The quantitative estimate of drug-likeness (QED) is 0.630. The average molecular weight is 364 g/mol. The van der Waals surface area contributed by atoms with Crippen LogP contribution >= 0.6 is 0 Å². The molecule has 0 aliphatic heterocycles. The van der Waals surface area contributed by atoms with E-state index in [1.54, 1.807) is 30.1 Å². The van der Waals surface area contributed by atoms with Crippen LogP contribution < -0.4 is 10.9 Å². The van der Waals surface area contributed by atoms with E-state index in [0.29, 0.717) is 24.1 Å². The van der Waals surface area contributed by atoms with E-state index in [4.69, 9.17) is 0 Å². The van der Waals surface area contributed by atoms with E-state index in [9.17, 15) is 9.59 Å². The van der Waals surface area contributed by atoms with Gasteiger partial charge in [-0.3, -0.25) is 14.7 Å². The molecule has 2 aromatic heterocycles. The number of pyridine rings is 1. The molecule has 0 radical (unpaired) electrons. The number of aromatic amines is 1. The second-order valence-electron chi connectivity index (χ2n) is 6.38. The van der Waals surface area contributed by atoms with Gasteiger partial charge in [0.05, 0.1) is 23.8 Å². The summed E-state index contributed by atoms with van der Waals surface area (Å²) >= 11 is 0. The highest BCUT2D eigenvalue weighted by atomic mass is 16.1. The molecule has 0 spiro atoms. The van der Waals surface area contributed by atoms with Crippen molar-refractivity contribution in [3.05, 3.63) is 69.8 Å². The van der Waals surface area contributed by atoms with Gasteiger partial charge >= 0.3 is 0 Å². The summed E-state index contributed by atoms with van der Waals surface area (Å²) in [6, 6.07) is 7.56. The van der Waals surface area contributed by atoms with E-state index in [0.717, 1.165) is 28.6 Å². The molecule has 0 aliphatic carbocycles. The Labute approximate surface area is 157 Å². The van der Waals surface area contributed by atoms with Crippen molar-refractivity contribution < 1.29 is 4.79 Å². The van der Waals surface area contributed by atoms with Gasteiger partial charge in [0.25, 0.3) is 5.56 Å². The molecule has 27 heavy (non-hydrogen) atoms. The molecule has 2 N–H and O–H groups in total. The maximum Gasteiger partial charge on any atom is 0.260 e. The standard InChI is InChI=1S/C21H24N4O2/c1-4-7-18(22-3)17-10-16(19(26)5-2)13-25(21(17)27)12-15-9-6-8-14-11-23-24-20(14)15/h6-11,13,22H,4-5,12H2,1-3H3,(H,23,24)/b18-7-. The topological polar surface area (TPSA) is 79.8 Å². The monoisotopic (exact) mass is 364 g/mol. The number of Topliss-reactive ketones (excluding diaryl/α,β-unsaturated/α-hetero) is 1. The fourth-order valence-electron chi connectivity index (χ4n) is 3.20. The Morgan fingerprint density at radius 2 is 2.15 bits per heavy atom. The van der Waals surface area contributed by atoms with Crippen LogP contribution in [0.5, 0.6) is 0 Å². The number of hydrogen-bond donors (Lipinski definition) is 2. The van der Waals surface area contributed by atoms with Crippen LogP contribution in [0.4, 0.5) is 0 Å². The van der Waals surface area contributed by atoms with Gasteiger partial charge in [-0.2, -0.15) is 5.10 Å². The first-order valence-corrected chi connectivity index (χ1v) is 9.16. The number of hydrogen-bond acceptors (Lipinski definition) is 4. The molecule has 3 aromatic rings. The summed E-state index contributed by atoms with van der Waals surface area (Å²) in [7, 11) is 1.78. The first kappa shape index (κ1) is 18.6. The molecule has 140 valence electrons. The summed E-state index contributed by atoms with van der Waals surface area (Å²) < 4.78 is 1.61. The first-order chi connectivity index (χ1) is 13.1. The first-order valence-electron chi connectivity index (χ1n) is 9.16. The minimum absolute atomic E-state index is 0.0108. The molecule has 6 heteroatoms. The zero-order valence-corrected chi connectivity index (χ0v) is 15.9. The van der Waals surface area contributed by atoms with E-state index in [-0.39, 0.29) is 11.3 Å². The van der Waals surface area contributed by atoms with Crippen molar-refractivity contribution in [2.75, 3.05) is 7.05 Å². The molecule has 0 saturated carbocycles. The number of aromatic nitrogens is 3. The number of H-pyrrole nitrogens is 1. The molecule has 0 saturated heterocycles. The number of para-hydroxylation sites is 1. The number of rotatable bonds is 7. The molecule has 0 aliphatic rings. The Balaban J connectivity index is 2.16. The highest BCUT2D eigenvalue weighted by molar-refractivity contribution is 5.96. The molecule has 0 amide bonds. The summed E-state index contributed by atoms with van der Waals surface area (Å²) in [6.45, 7) is 4.19. The SMILES string of the molecule is CC/C=C(\NC)c1cc(C(=O)CC)cn(Cc2cccc3cn[nH]c23)c1=O. The third-order valence-corrected chi connectivity index (χ3v) is 4.60. The maximum absolute atomic E-state index is 13.1. The third kappa shape index (κ3) is 3.69. The van der Waals surface area contributed by atoms with Crippen LogP contribution in [0.2, 0.25) is 0 Å².